The summed E-state index contributed by atoms with van der Waals surface area (Å²) in [6.45, 7) is 6.35. The lowest BCUT2D eigenvalue weighted by Gasteiger charge is -2.17. The number of aryl methyl sites for hydroxylation is 1. The molecule has 0 saturated carbocycles. The zero-order valence-electron chi connectivity index (χ0n) is 9.37. The van der Waals surface area contributed by atoms with Gasteiger partial charge in [-0.2, -0.15) is 9.61 Å². The van der Waals surface area contributed by atoms with Crippen LogP contribution in [0.5, 0.6) is 0 Å². The third kappa shape index (κ3) is 1.21. The Morgan fingerprint density at radius 2 is 2.31 bits per heavy atom. The van der Waals surface area contributed by atoms with Gasteiger partial charge in [0, 0.05) is 24.3 Å². The molecule has 84 valence electrons. The molecule has 0 atom stereocenters. The summed E-state index contributed by atoms with van der Waals surface area (Å²) in [4.78, 5) is 6.96. The van der Waals surface area contributed by atoms with Gasteiger partial charge < -0.3 is 4.90 Å². The lowest BCUT2D eigenvalue weighted by Crippen LogP contribution is -2.21. The highest BCUT2D eigenvalue weighted by molar-refractivity contribution is 9.10. The summed E-state index contributed by atoms with van der Waals surface area (Å²) in [5.74, 6) is 1.22. The molecule has 0 aromatic carbocycles. The summed E-state index contributed by atoms with van der Waals surface area (Å²) in [7, 11) is 0. The molecular formula is C11H13BrN4. The third-order valence-corrected chi connectivity index (χ3v) is 3.75. The van der Waals surface area contributed by atoms with E-state index in [1.165, 1.54) is 11.4 Å². The van der Waals surface area contributed by atoms with Crippen molar-refractivity contribution in [2.45, 2.75) is 20.3 Å². The van der Waals surface area contributed by atoms with Crippen LogP contribution in [-0.2, 0) is 6.42 Å². The fourth-order valence-electron chi connectivity index (χ4n) is 2.37. The van der Waals surface area contributed by atoms with E-state index in [9.17, 15) is 0 Å². The first-order valence-corrected chi connectivity index (χ1v) is 6.29. The molecule has 3 rings (SSSR count). The molecule has 0 unspecified atom stereocenters. The van der Waals surface area contributed by atoms with E-state index in [4.69, 9.17) is 0 Å². The maximum absolute atomic E-state index is 4.60. The first kappa shape index (κ1) is 10.1. The summed E-state index contributed by atoms with van der Waals surface area (Å²) in [6, 6.07) is 0. The third-order valence-electron chi connectivity index (χ3n) is 3.19. The van der Waals surface area contributed by atoms with E-state index in [1.54, 1.807) is 0 Å². The van der Waals surface area contributed by atoms with Gasteiger partial charge in [-0.25, -0.2) is 4.98 Å². The van der Waals surface area contributed by atoms with Gasteiger partial charge in [0.1, 0.15) is 5.82 Å². The SMILES string of the molecule is CCN1CCc2c(C)nc3c(Br)cnn3c21. The average molecular weight is 281 g/mol. The Bertz CT molecular complexity index is 561. The smallest absolute Gasteiger partial charge is 0.171 e. The molecule has 0 bridgehead atoms. The highest BCUT2D eigenvalue weighted by atomic mass is 79.9. The Kier molecular flexibility index (Phi) is 2.17. The van der Waals surface area contributed by atoms with Gasteiger partial charge in [0.15, 0.2) is 5.65 Å². The summed E-state index contributed by atoms with van der Waals surface area (Å²) in [5.41, 5.74) is 3.38. The Morgan fingerprint density at radius 3 is 3.06 bits per heavy atom. The van der Waals surface area contributed by atoms with Crippen molar-refractivity contribution < 1.29 is 0 Å². The molecule has 0 fully saturated rings. The maximum Gasteiger partial charge on any atom is 0.171 e. The van der Waals surface area contributed by atoms with Gasteiger partial charge >= 0.3 is 0 Å². The first-order chi connectivity index (χ1) is 7.72. The predicted octanol–water partition coefficient (Wildman–Crippen LogP) is 2.18. The summed E-state index contributed by atoms with van der Waals surface area (Å²) >= 11 is 3.49. The summed E-state index contributed by atoms with van der Waals surface area (Å²) < 4.78 is 2.91. The Balaban J connectivity index is 2.38. The van der Waals surface area contributed by atoms with Crippen LogP contribution in [0.25, 0.3) is 5.65 Å². The molecule has 2 aromatic rings. The number of fused-ring (bicyclic) bond motifs is 3. The summed E-state index contributed by atoms with van der Waals surface area (Å²) in [5, 5.41) is 4.39. The quantitative estimate of drug-likeness (QED) is 0.803. The topological polar surface area (TPSA) is 33.4 Å². The molecule has 4 nitrogen and oxygen atoms in total. The first-order valence-electron chi connectivity index (χ1n) is 5.50. The van der Waals surface area contributed by atoms with Crippen molar-refractivity contribution in [2.24, 2.45) is 0 Å². The molecule has 0 spiro atoms. The Hall–Kier alpha value is -1.10. The molecule has 3 heterocycles. The molecule has 1 aliphatic heterocycles. The van der Waals surface area contributed by atoms with Crippen LogP contribution in [0.2, 0.25) is 0 Å². The largest absolute Gasteiger partial charge is 0.356 e. The van der Waals surface area contributed by atoms with Crippen LogP contribution in [0.3, 0.4) is 0 Å². The van der Waals surface area contributed by atoms with Gasteiger partial charge in [-0.3, -0.25) is 0 Å². The Labute approximate surface area is 102 Å². The minimum Gasteiger partial charge on any atom is -0.356 e. The number of aromatic nitrogens is 3. The van der Waals surface area contributed by atoms with Crippen LogP contribution in [0.1, 0.15) is 18.2 Å². The molecule has 5 heteroatoms. The van der Waals surface area contributed by atoms with Gasteiger partial charge in [0.2, 0.25) is 0 Å². The van der Waals surface area contributed by atoms with E-state index in [1.807, 2.05) is 10.7 Å². The van der Waals surface area contributed by atoms with Gasteiger partial charge in [-0.05, 0) is 36.2 Å². The van der Waals surface area contributed by atoms with Crippen LogP contribution >= 0.6 is 15.9 Å². The van der Waals surface area contributed by atoms with Crippen molar-refractivity contribution in [3.05, 3.63) is 21.9 Å². The Morgan fingerprint density at radius 1 is 1.50 bits per heavy atom. The van der Waals surface area contributed by atoms with Gasteiger partial charge in [0.05, 0.1) is 10.7 Å². The van der Waals surface area contributed by atoms with E-state index < -0.39 is 0 Å². The van der Waals surface area contributed by atoms with Crippen molar-refractivity contribution >= 4 is 27.4 Å². The number of rotatable bonds is 1. The molecule has 1 aliphatic rings. The molecule has 0 saturated heterocycles. The molecular weight excluding hydrogens is 268 g/mol. The van der Waals surface area contributed by atoms with Crippen LogP contribution in [-0.4, -0.2) is 27.7 Å². The average Bonchev–Trinajstić information content (AvgIpc) is 2.84. The van der Waals surface area contributed by atoms with Crippen molar-refractivity contribution in [3.63, 3.8) is 0 Å². The standard InChI is InChI=1S/C11H13BrN4/c1-3-15-5-4-8-7(2)14-10-9(12)6-13-16(10)11(8)15/h6H,3-5H2,1-2H3. The number of hydrogen-bond acceptors (Lipinski definition) is 3. The summed E-state index contributed by atoms with van der Waals surface area (Å²) in [6.07, 6.45) is 2.89. The van der Waals surface area contributed by atoms with Crippen molar-refractivity contribution in [1.82, 2.24) is 14.6 Å². The van der Waals surface area contributed by atoms with Gasteiger partial charge in [-0.15, -0.1) is 0 Å². The normalized spacial score (nSPS) is 14.8. The van der Waals surface area contributed by atoms with Crippen molar-refractivity contribution in [3.8, 4) is 0 Å². The molecule has 0 aliphatic carbocycles. The lowest BCUT2D eigenvalue weighted by atomic mass is 10.2. The minimum absolute atomic E-state index is 0.914. The van der Waals surface area contributed by atoms with E-state index in [0.29, 0.717) is 0 Å². The van der Waals surface area contributed by atoms with Gasteiger partial charge in [0.25, 0.3) is 0 Å². The van der Waals surface area contributed by atoms with E-state index in [0.717, 1.165) is 35.3 Å². The zero-order chi connectivity index (χ0) is 11.3. The number of nitrogens with zero attached hydrogens (tertiary/aromatic N) is 4. The van der Waals surface area contributed by atoms with Crippen LogP contribution in [0.15, 0.2) is 10.7 Å². The van der Waals surface area contributed by atoms with E-state index in [-0.39, 0.29) is 0 Å². The monoisotopic (exact) mass is 280 g/mol. The molecule has 0 N–H and O–H groups in total. The van der Waals surface area contributed by atoms with Crippen LogP contribution in [0, 0.1) is 6.92 Å². The number of halogens is 1. The second-order valence-electron chi connectivity index (χ2n) is 4.06. The number of anilines is 1. The zero-order valence-corrected chi connectivity index (χ0v) is 11.0. The van der Waals surface area contributed by atoms with Crippen molar-refractivity contribution in [2.75, 3.05) is 18.0 Å². The second-order valence-corrected chi connectivity index (χ2v) is 4.91. The van der Waals surface area contributed by atoms with Crippen LogP contribution in [0.4, 0.5) is 5.82 Å². The lowest BCUT2D eigenvalue weighted by molar-refractivity contribution is 0.825. The van der Waals surface area contributed by atoms with E-state index in [2.05, 4.69) is 44.8 Å². The maximum atomic E-state index is 4.60. The van der Waals surface area contributed by atoms with Gasteiger partial charge in [-0.1, -0.05) is 0 Å². The highest BCUT2D eigenvalue weighted by Crippen LogP contribution is 2.31. The highest BCUT2D eigenvalue weighted by Gasteiger charge is 2.25. The fourth-order valence-corrected chi connectivity index (χ4v) is 2.72. The number of hydrogen-bond donors (Lipinski definition) is 0. The number of likely N-dealkylation sites (N-methyl/N-ethyl adjacent to an activating group) is 1. The van der Waals surface area contributed by atoms with Crippen molar-refractivity contribution in [1.29, 1.82) is 0 Å². The fraction of sp³-hybridized carbons (Fsp3) is 0.455. The van der Waals surface area contributed by atoms with Crippen LogP contribution < -0.4 is 4.90 Å². The predicted molar refractivity (Wildman–Crippen MR) is 67.0 cm³/mol. The molecule has 0 amide bonds. The molecule has 16 heavy (non-hydrogen) atoms. The second kappa shape index (κ2) is 3.45. The minimum atomic E-state index is 0.914. The molecule has 0 radical (unpaired) electrons. The molecule has 2 aromatic heterocycles. The van der Waals surface area contributed by atoms with E-state index >= 15 is 0 Å².